The van der Waals surface area contributed by atoms with Crippen LogP contribution in [0, 0.1) is 13.8 Å². The minimum absolute atomic E-state index is 0.0399. The SMILES string of the molecule is Cc1ccc(C(C)NC(=O)Cn2c(C)csc2=O)o1. The number of thiazole rings is 1. The molecule has 2 aromatic rings. The van der Waals surface area contributed by atoms with Gasteiger partial charge >= 0.3 is 4.87 Å². The van der Waals surface area contributed by atoms with E-state index >= 15 is 0 Å². The Hall–Kier alpha value is -1.82. The van der Waals surface area contributed by atoms with E-state index in [1.165, 1.54) is 4.57 Å². The van der Waals surface area contributed by atoms with Crippen molar-refractivity contribution in [2.45, 2.75) is 33.4 Å². The van der Waals surface area contributed by atoms with Gasteiger partial charge in [-0.25, -0.2) is 0 Å². The Morgan fingerprint density at radius 3 is 2.74 bits per heavy atom. The fraction of sp³-hybridized carbons (Fsp3) is 0.385. The predicted molar refractivity (Wildman–Crippen MR) is 73.3 cm³/mol. The molecule has 1 unspecified atom stereocenters. The average molecular weight is 280 g/mol. The highest BCUT2D eigenvalue weighted by atomic mass is 32.1. The maximum absolute atomic E-state index is 11.9. The third kappa shape index (κ3) is 3.14. The van der Waals surface area contributed by atoms with Crippen molar-refractivity contribution in [3.8, 4) is 0 Å². The topological polar surface area (TPSA) is 64.2 Å². The Bertz CT molecular complexity index is 638. The van der Waals surface area contributed by atoms with Crippen LogP contribution in [0.2, 0.25) is 0 Å². The third-order valence-corrected chi connectivity index (χ3v) is 3.72. The molecular weight excluding hydrogens is 264 g/mol. The molecule has 0 aliphatic carbocycles. The lowest BCUT2D eigenvalue weighted by Crippen LogP contribution is -2.32. The fourth-order valence-corrected chi connectivity index (χ4v) is 2.52. The number of aromatic nitrogens is 1. The highest BCUT2D eigenvalue weighted by Crippen LogP contribution is 2.15. The normalized spacial score (nSPS) is 12.4. The van der Waals surface area contributed by atoms with Gasteiger partial charge in [-0.1, -0.05) is 11.3 Å². The van der Waals surface area contributed by atoms with Crippen molar-refractivity contribution in [2.24, 2.45) is 0 Å². The summed E-state index contributed by atoms with van der Waals surface area (Å²) in [4.78, 5) is 23.3. The molecule has 2 heterocycles. The van der Waals surface area contributed by atoms with Crippen LogP contribution in [0.1, 0.15) is 30.2 Å². The molecule has 0 saturated carbocycles. The van der Waals surface area contributed by atoms with E-state index in [9.17, 15) is 9.59 Å². The van der Waals surface area contributed by atoms with Gasteiger partial charge in [0.25, 0.3) is 0 Å². The molecule has 0 bridgehead atoms. The summed E-state index contributed by atoms with van der Waals surface area (Å²) in [7, 11) is 0. The lowest BCUT2D eigenvalue weighted by Gasteiger charge is -2.12. The van der Waals surface area contributed by atoms with Crippen molar-refractivity contribution in [3.05, 3.63) is 44.4 Å². The summed E-state index contributed by atoms with van der Waals surface area (Å²) >= 11 is 1.10. The first-order chi connectivity index (χ1) is 8.97. The maximum Gasteiger partial charge on any atom is 0.307 e. The summed E-state index contributed by atoms with van der Waals surface area (Å²) in [5.74, 6) is 1.31. The Balaban J connectivity index is 2.00. The zero-order chi connectivity index (χ0) is 14.0. The van der Waals surface area contributed by atoms with E-state index in [-0.39, 0.29) is 23.4 Å². The highest BCUT2D eigenvalue weighted by molar-refractivity contribution is 7.07. The fourth-order valence-electron chi connectivity index (χ4n) is 1.78. The van der Waals surface area contributed by atoms with Crippen LogP contribution in [-0.4, -0.2) is 10.5 Å². The molecule has 102 valence electrons. The standard InChI is InChI=1S/C13H16N2O3S/c1-8-7-19-13(17)15(8)6-12(16)14-10(3)11-5-4-9(2)18-11/h4-5,7,10H,6H2,1-3H3,(H,14,16). The van der Waals surface area contributed by atoms with Gasteiger partial charge in [0.15, 0.2) is 0 Å². The summed E-state index contributed by atoms with van der Waals surface area (Å²) in [6.45, 7) is 5.55. The molecule has 0 aliphatic heterocycles. The second-order valence-electron chi connectivity index (χ2n) is 4.47. The van der Waals surface area contributed by atoms with Crippen molar-refractivity contribution in [1.82, 2.24) is 9.88 Å². The van der Waals surface area contributed by atoms with Gasteiger partial charge in [0.2, 0.25) is 5.91 Å². The van der Waals surface area contributed by atoms with Crippen molar-refractivity contribution in [2.75, 3.05) is 0 Å². The number of aryl methyl sites for hydroxylation is 2. The smallest absolute Gasteiger partial charge is 0.307 e. The number of nitrogens with one attached hydrogen (secondary N) is 1. The molecule has 0 saturated heterocycles. The number of carbonyl (C=O) groups is 1. The summed E-state index contributed by atoms with van der Waals surface area (Å²) in [6.07, 6.45) is 0. The zero-order valence-corrected chi connectivity index (χ0v) is 11.9. The Morgan fingerprint density at radius 2 is 2.21 bits per heavy atom. The van der Waals surface area contributed by atoms with E-state index in [0.717, 1.165) is 22.8 Å². The van der Waals surface area contributed by atoms with Crippen LogP contribution in [-0.2, 0) is 11.3 Å². The molecule has 1 amide bonds. The van der Waals surface area contributed by atoms with Gasteiger partial charge in [0.1, 0.15) is 18.1 Å². The first kappa shape index (κ1) is 13.6. The number of amides is 1. The minimum Gasteiger partial charge on any atom is -0.464 e. The molecule has 0 radical (unpaired) electrons. The second kappa shape index (κ2) is 5.44. The summed E-state index contributed by atoms with van der Waals surface area (Å²) in [6, 6.07) is 3.48. The van der Waals surface area contributed by atoms with Gasteiger partial charge in [0.05, 0.1) is 6.04 Å². The van der Waals surface area contributed by atoms with Gasteiger partial charge in [0, 0.05) is 11.1 Å². The average Bonchev–Trinajstić information content (AvgIpc) is 2.90. The lowest BCUT2D eigenvalue weighted by molar-refractivity contribution is -0.122. The Kier molecular flexibility index (Phi) is 3.90. The molecule has 5 nitrogen and oxygen atoms in total. The molecule has 2 rings (SSSR count). The van der Waals surface area contributed by atoms with Crippen molar-refractivity contribution in [3.63, 3.8) is 0 Å². The van der Waals surface area contributed by atoms with Crippen molar-refractivity contribution >= 4 is 17.2 Å². The summed E-state index contributed by atoms with van der Waals surface area (Å²) < 4.78 is 6.91. The number of furan rings is 1. The molecule has 0 aromatic carbocycles. The van der Waals surface area contributed by atoms with Crippen LogP contribution in [0.25, 0.3) is 0 Å². The molecule has 0 aliphatic rings. The van der Waals surface area contributed by atoms with E-state index in [2.05, 4.69) is 5.32 Å². The maximum atomic E-state index is 11.9. The second-order valence-corrected chi connectivity index (χ2v) is 5.29. The van der Waals surface area contributed by atoms with Gasteiger partial charge in [-0.05, 0) is 32.9 Å². The molecule has 0 spiro atoms. The Labute approximate surface area is 114 Å². The summed E-state index contributed by atoms with van der Waals surface area (Å²) in [5.41, 5.74) is 0.798. The monoisotopic (exact) mass is 280 g/mol. The number of carbonyl (C=O) groups excluding carboxylic acids is 1. The van der Waals surface area contributed by atoms with E-state index in [1.807, 2.05) is 32.9 Å². The van der Waals surface area contributed by atoms with Crippen molar-refractivity contribution < 1.29 is 9.21 Å². The molecular formula is C13H16N2O3S. The predicted octanol–water partition coefficient (Wildman–Crippen LogP) is 2.00. The lowest BCUT2D eigenvalue weighted by atomic mass is 10.2. The van der Waals surface area contributed by atoms with E-state index < -0.39 is 0 Å². The zero-order valence-electron chi connectivity index (χ0n) is 11.1. The molecule has 2 aromatic heterocycles. The molecule has 1 N–H and O–H groups in total. The van der Waals surface area contributed by atoms with E-state index in [4.69, 9.17) is 4.42 Å². The first-order valence-electron chi connectivity index (χ1n) is 5.98. The molecule has 1 atom stereocenters. The van der Waals surface area contributed by atoms with Gasteiger partial charge in [-0.2, -0.15) is 0 Å². The van der Waals surface area contributed by atoms with Crippen molar-refractivity contribution in [1.29, 1.82) is 0 Å². The van der Waals surface area contributed by atoms with E-state index in [1.54, 1.807) is 5.38 Å². The largest absolute Gasteiger partial charge is 0.464 e. The van der Waals surface area contributed by atoms with Gasteiger partial charge in [-0.3, -0.25) is 14.2 Å². The highest BCUT2D eigenvalue weighted by Gasteiger charge is 2.14. The number of hydrogen-bond donors (Lipinski definition) is 1. The first-order valence-corrected chi connectivity index (χ1v) is 6.86. The minimum atomic E-state index is -0.212. The van der Waals surface area contributed by atoms with Crippen LogP contribution < -0.4 is 10.2 Å². The number of hydrogen-bond acceptors (Lipinski definition) is 4. The quantitative estimate of drug-likeness (QED) is 0.931. The van der Waals surface area contributed by atoms with Crippen LogP contribution in [0.3, 0.4) is 0 Å². The molecule has 6 heteroatoms. The van der Waals surface area contributed by atoms with Gasteiger partial charge < -0.3 is 9.73 Å². The van der Waals surface area contributed by atoms with Gasteiger partial charge in [-0.15, -0.1) is 0 Å². The summed E-state index contributed by atoms with van der Waals surface area (Å²) in [5, 5.41) is 4.56. The van der Waals surface area contributed by atoms with E-state index in [0.29, 0.717) is 5.76 Å². The van der Waals surface area contributed by atoms with Crippen LogP contribution >= 0.6 is 11.3 Å². The third-order valence-electron chi connectivity index (χ3n) is 2.84. The van der Waals surface area contributed by atoms with Crippen LogP contribution in [0.5, 0.6) is 0 Å². The Morgan fingerprint density at radius 1 is 1.47 bits per heavy atom. The molecule has 19 heavy (non-hydrogen) atoms. The number of nitrogens with zero attached hydrogens (tertiary/aromatic N) is 1. The number of rotatable bonds is 4. The van der Waals surface area contributed by atoms with Crippen LogP contribution in [0.15, 0.2) is 26.7 Å². The molecule has 0 fully saturated rings. The van der Waals surface area contributed by atoms with Crippen LogP contribution in [0.4, 0.5) is 0 Å².